The van der Waals surface area contributed by atoms with Crippen LogP contribution in [0, 0.1) is 11.3 Å². The number of nitrogens with one attached hydrogen (secondary N) is 1. The zero-order chi connectivity index (χ0) is 20.1. The Morgan fingerprint density at radius 2 is 2.07 bits per heavy atom. The highest BCUT2D eigenvalue weighted by Crippen LogP contribution is 2.28. The summed E-state index contributed by atoms with van der Waals surface area (Å²) >= 11 is 2.59. The number of aromatic nitrogens is 2. The van der Waals surface area contributed by atoms with Gasteiger partial charge in [0.2, 0.25) is 5.13 Å². The normalized spacial score (nSPS) is 11.3. The van der Waals surface area contributed by atoms with Gasteiger partial charge in [-0.2, -0.15) is 5.26 Å². The molecule has 0 saturated carbocycles. The molecule has 0 aliphatic carbocycles. The highest BCUT2D eigenvalue weighted by molar-refractivity contribution is 7.98. The number of furan rings is 3. The van der Waals surface area contributed by atoms with E-state index in [1.165, 1.54) is 24.1 Å². The second kappa shape index (κ2) is 8.64. The molecule has 0 saturated heterocycles. The first kappa shape index (κ1) is 18.8. The maximum atomic E-state index is 12.4. The lowest BCUT2D eigenvalue weighted by atomic mass is 10.2. The number of nitriles is 1. The van der Waals surface area contributed by atoms with E-state index in [0.29, 0.717) is 27.4 Å². The summed E-state index contributed by atoms with van der Waals surface area (Å²) in [7, 11) is 0. The second-order valence-electron chi connectivity index (χ2n) is 5.54. The Hall–Kier alpha value is -3.55. The number of carbonyl (C=O) groups is 1. The van der Waals surface area contributed by atoms with Gasteiger partial charge in [-0.15, -0.1) is 10.2 Å². The van der Waals surface area contributed by atoms with Crippen LogP contribution in [0.5, 0.6) is 0 Å². The van der Waals surface area contributed by atoms with Crippen LogP contribution in [-0.4, -0.2) is 16.1 Å². The SMILES string of the molecule is N#C/C(=C/c1ccc(SCc2ccco2)o1)C(=O)Nc1nnc(-c2ccco2)s1. The lowest BCUT2D eigenvalue weighted by Crippen LogP contribution is -2.13. The smallest absolute Gasteiger partial charge is 0.268 e. The standard InChI is InChI=1S/C19H12N4O4S2/c20-10-12(9-13-5-6-16(27-13)28-11-14-3-1-7-25-14)17(24)21-19-23-22-18(29-19)15-4-2-8-26-15/h1-9H,11H2,(H,21,23,24)/b12-9-. The van der Waals surface area contributed by atoms with Crippen molar-refractivity contribution in [3.63, 3.8) is 0 Å². The number of rotatable bonds is 7. The minimum atomic E-state index is -0.601. The lowest BCUT2D eigenvalue weighted by Gasteiger charge is -1.98. The highest BCUT2D eigenvalue weighted by Gasteiger charge is 2.15. The topological polar surface area (TPSA) is 118 Å². The van der Waals surface area contributed by atoms with Crippen molar-refractivity contribution in [3.05, 3.63) is 66.0 Å². The van der Waals surface area contributed by atoms with E-state index in [2.05, 4.69) is 15.5 Å². The molecule has 144 valence electrons. The molecule has 0 fully saturated rings. The van der Waals surface area contributed by atoms with Crippen molar-refractivity contribution < 1.29 is 18.0 Å². The molecule has 4 heterocycles. The predicted molar refractivity (Wildman–Crippen MR) is 107 cm³/mol. The van der Waals surface area contributed by atoms with Crippen LogP contribution in [0.3, 0.4) is 0 Å². The van der Waals surface area contributed by atoms with Gasteiger partial charge in [-0.3, -0.25) is 10.1 Å². The Kier molecular flexibility index (Phi) is 5.60. The van der Waals surface area contributed by atoms with E-state index in [1.807, 2.05) is 18.2 Å². The zero-order valence-corrected chi connectivity index (χ0v) is 16.3. The number of hydrogen-bond donors (Lipinski definition) is 1. The molecule has 0 atom stereocenters. The molecular formula is C19H12N4O4S2. The summed E-state index contributed by atoms with van der Waals surface area (Å²) in [6.07, 6.45) is 4.51. The van der Waals surface area contributed by atoms with Crippen LogP contribution in [0.2, 0.25) is 0 Å². The first-order valence-corrected chi connectivity index (χ1v) is 10.1. The van der Waals surface area contributed by atoms with Gasteiger partial charge < -0.3 is 13.3 Å². The van der Waals surface area contributed by atoms with Crippen LogP contribution >= 0.6 is 23.1 Å². The Balaban J connectivity index is 1.41. The summed E-state index contributed by atoms with van der Waals surface area (Å²) < 4.78 is 16.2. The van der Waals surface area contributed by atoms with E-state index in [-0.39, 0.29) is 10.7 Å². The Bertz CT molecular complexity index is 1170. The molecule has 1 amide bonds. The number of hydrogen-bond acceptors (Lipinski definition) is 9. The van der Waals surface area contributed by atoms with E-state index >= 15 is 0 Å². The predicted octanol–water partition coefficient (Wildman–Crippen LogP) is 4.82. The monoisotopic (exact) mass is 424 g/mol. The number of anilines is 1. The Morgan fingerprint density at radius 1 is 1.21 bits per heavy atom. The van der Waals surface area contributed by atoms with Crippen LogP contribution < -0.4 is 5.32 Å². The van der Waals surface area contributed by atoms with E-state index in [4.69, 9.17) is 13.3 Å². The molecule has 4 rings (SSSR count). The summed E-state index contributed by atoms with van der Waals surface area (Å²) in [4.78, 5) is 12.4. The molecule has 0 radical (unpaired) electrons. The van der Waals surface area contributed by atoms with Crippen LogP contribution in [0.25, 0.3) is 16.8 Å². The highest BCUT2D eigenvalue weighted by atomic mass is 32.2. The molecule has 8 nitrogen and oxygen atoms in total. The molecule has 0 aliphatic rings. The molecule has 0 aromatic carbocycles. The maximum absolute atomic E-state index is 12.4. The molecule has 4 aromatic heterocycles. The fourth-order valence-corrected chi connectivity index (χ4v) is 3.73. The number of thioether (sulfide) groups is 1. The van der Waals surface area contributed by atoms with Gasteiger partial charge in [0.15, 0.2) is 15.9 Å². The third-order valence-electron chi connectivity index (χ3n) is 3.57. The van der Waals surface area contributed by atoms with Crippen molar-refractivity contribution in [3.8, 4) is 16.8 Å². The van der Waals surface area contributed by atoms with E-state index in [0.717, 1.165) is 17.1 Å². The van der Waals surface area contributed by atoms with Crippen LogP contribution in [0.4, 0.5) is 5.13 Å². The van der Waals surface area contributed by atoms with Crippen molar-refractivity contribution >= 4 is 40.2 Å². The van der Waals surface area contributed by atoms with Crippen LogP contribution in [0.1, 0.15) is 11.5 Å². The molecule has 4 aromatic rings. The average molecular weight is 424 g/mol. The molecule has 10 heteroatoms. The molecule has 0 aliphatic heterocycles. The average Bonchev–Trinajstić information content (AvgIpc) is 3.52. The molecule has 0 unspecified atom stereocenters. The van der Waals surface area contributed by atoms with E-state index in [1.54, 1.807) is 30.5 Å². The van der Waals surface area contributed by atoms with Gasteiger partial charge in [-0.25, -0.2) is 0 Å². The van der Waals surface area contributed by atoms with E-state index < -0.39 is 5.91 Å². The fourth-order valence-electron chi connectivity index (χ4n) is 2.26. The second-order valence-corrected chi connectivity index (χ2v) is 7.50. The quantitative estimate of drug-likeness (QED) is 0.255. The van der Waals surface area contributed by atoms with Gasteiger partial charge in [-0.05, 0) is 36.4 Å². The van der Waals surface area contributed by atoms with Gasteiger partial charge >= 0.3 is 0 Å². The third kappa shape index (κ3) is 4.66. The lowest BCUT2D eigenvalue weighted by molar-refractivity contribution is -0.112. The minimum absolute atomic E-state index is 0.114. The molecular weight excluding hydrogens is 412 g/mol. The molecule has 1 N–H and O–H groups in total. The Morgan fingerprint density at radius 3 is 2.83 bits per heavy atom. The van der Waals surface area contributed by atoms with Crippen LogP contribution in [-0.2, 0) is 10.5 Å². The third-order valence-corrected chi connectivity index (χ3v) is 5.35. The molecule has 0 bridgehead atoms. The first-order valence-electron chi connectivity index (χ1n) is 8.27. The van der Waals surface area contributed by atoms with Crippen molar-refractivity contribution in [2.24, 2.45) is 0 Å². The maximum Gasteiger partial charge on any atom is 0.268 e. The van der Waals surface area contributed by atoms with Gasteiger partial charge in [0.25, 0.3) is 5.91 Å². The molecule has 0 spiro atoms. The number of carbonyl (C=O) groups excluding carboxylic acids is 1. The number of nitrogens with zero attached hydrogens (tertiary/aromatic N) is 3. The largest absolute Gasteiger partial charge is 0.468 e. The van der Waals surface area contributed by atoms with Gasteiger partial charge in [-0.1, -0.05) is 23.1 Å². The Labute approximate surface area is 172 Å². The molecule has 29 heavy (non-hydrogen) atoms. The van der Waals surface area contributed by atoms with Crippen molar-refractivity contribution in [1.29, 1.82) is 5.26 Å². The van der Waals surface area contributed by atoms with Gasteiger partial charge in [0, 0.05) is 6.08 Å². The summed E-state index contributed by atoms with van der Waals surface area (Å²) in [5.41, 5.74) is -0.114. The summed E-state index contributed by atoms with van der Waals surface area (Å²) in [5, 5.41) is 21.2. The van der Waals surface area contributed by atoms with Crippen molar-refractivity contribution in [2.75, 3.05) is 5.32 Å². The van der Waals surface area contributed by atoms with Crippen molar-refractivity contribution in [2.45, 2.75) is 10.8 Å². The first-order chi connectivity index (χ1) is 14.2. The minimum Gasteiger partial charge on any atom is -0.468 e. The zero-order valence-electron chi connectivity index (χ0n) is 14.7. The van der Waals surface area contributed by atoms with E-state index in [9.17, 15) is 10.1 Å². The van der Waals surface area contributed by atoms with Gasteiger partial charge in [0.1, 0.15) is 23.2 Å². The fraction of sp³-hybridized carbons (Fsp3) is 0.0526. The van der Waals surface area contributed by atoms with Crippen LogP contribution in [0.15, 0.2) is 72.8 Å². The van der Waals surface area contributed by atoms with Crippen molar-refractivity contribution in [1.82, 2.24) is 10.2 Å². The summed E-state index contributed by atoms with van der Waals surface area (Å²) in [6.45, 7) is 0. The number of amides is 1. The van der Waals surface area contributed by atoms with Gasteiger partial charge in [0.05, 0.1) is 18.3 Å². The summed E-state index contributed by atoms with van der Waals surface area (Å²) in [6, 6.07) is 12.5. The summed E-state index contributed by atoms with van der Waals surface area (Å²) in [5.74, 6) is 1.79.